The van der Waals surface area contributed by atoms with Gasteiger partial charge >= 0.3 is 5.97 Å². The number of carbonyl (C=O) groups is 1. The van der Waals surface area contributed by atoms with Gasteiger partial charge in [0.15, 0.2) is 0 Å². The van der Waals surface area contributed by atoms with Crippen molar-refractivity contribution in [1.29, 1.82) is 0 Å². The van der Waals surface area contributed by atoms with Crippen LogP contribution in [-0.4, -0.2) is 25.2 Å². The average molecular weight is 223 g/mol. The molecule has 1 unspecified atom stereocenters. The van der Waals surface area contributed by atoms with Crippen molar-refractivity contribution in [3.63, 3.8) is 0 Å². The molecule has 16 heavy (non-hydrogen) atoms. The van der Waals surface area contributed by atoms with Crippen LogP contribution in [0.15, 0.2) is 18.2 Å². The third-order valence-electron chi connectivity index (χ3n) is 2.74. The highest BCUT2D eigenvalue weighted by molar-refractivity contribution is 5.92. The van der Waals surface area contributed by atoms with E-state index in [2.05, 4.69) is 5.32 Å². The first-order chi connectivity index (χ1) is 7.54. The van der Waals surface area contributed by atoms with E-state index in [0.29, 0.717) is 24.1 Å². The van der Waals surface area contributed by atoms with Gasteiger partial charge in [0.1, 0.15) is 11.4 Å². The first kappa shape index (κ1) is 11.1. The first-order valence-corrected chi connectivity index (χ1v) is 5.20. The van der Waals surface area contributed by atoms with Crippen LogP contribution in [0.3, 0.4) is 0 Å². The van der Waals surface area contributed by atoms with Gasteiger partial charge in [-0.25, -0.2) is 9.18 Å². The number of nitrogens with one attached hydrogen (secondary N) is 1. The molecule has 0 aromatic heterocycles. The molecule has 1 aliphatic heterocycles. The van der Waals surface area contributed by atoms with Crippen molar-refractivity contribution in [3.05, 3.63) is 35.1 Å². The minimum absolute atomic E-state index is 0.319. The normalized spacial score (nSPS) is 23.8. The standard InChI is InChI=1S/C12H14FNO2/c1-12(7-14-2)6-8-5-9(13)3-4-10(8)11(15)16-12/h3-5,14H,6-7H2,1-2H3. The summed E-state index contributed by atoms with van der Waals surface area (Å²) in [5.41, 5.74) is 0.594. The molecule has 1 aromatic carbocycles. The molecule has 1 N–H and O–H groups in total. The lowest BCUT2D eigenvalue weighted by molar-refractivity contribution is -0.0140. The van der Waals surface area contributed by atoms with Gasteiger partial charge < -0.3 is 10.1 Å². The van der Waals surface area contributed by atoms with E-state index >= 15 is 0 Å². The number of cyclic esters (lactones) is 1. The van der Waals surface area contributed by atoms with Crippen molar-refractivity contribution in [2.75, 3.05) is 13.6 Å². The van der Waals surface area contributed by atoms with Crippen molar-refractivity contribution in [1.82, 2.24) is 5.32 Å². The molecule has 0 radical (unpaired) electrons. The van der Waals surface area contributed by atoms with Crippen molar-refractivity contribution >= 4 is 5.97 Å². The van der Waals surface area contributed by atoms with E-state index in [-0.39, 0.29) is 11.8 Å². The molecule has 1 heterocycles. The van der Waals surface area contributed by atoms with E-state index in [1.165, 1.54) is 18.2 Å². The fraction of sp³-hybridized carbons (Fsp3) is 0.417. The van der Waals surface area contributed by atoms with Crippen molar-refractivity contribution in [2.45, 2.75) is 18.9 Å². The zero-order valence-corrected chi connectivity index (χ0v) is 9.34. The Morgan fingerprint density at radius 3 is 3.00 bits per heavy atom. The Morgan fingerprint density at radius 2 is 2.31 bits per heavy atom. The summed E-state index contributed by atoms with van der Waals surface area (Å²) in [7, 11) is 1.79. The summed E-state index contributed by atoms with van der Waals surface area (Å²) in [4.78, 5) is 11.7. The van der Waals surface area contributed by atoms with Gasteiger partial charge in [-0.2, -0.15) is 0 Å². The maximum atomic E-state index is 13.1. The smallest absolute Gasteiger partial charge is 0.339 e. The molecule has 0 saturated heterocycles. The van der Waals surface area contributed by atoms with Gasteiger partial charge in [-0.1, -0.05) is 0 Å². The summed E-state index contributed by atoms with van der Waals surface area (Å²) in [6.45, 7) is 2.39. The highest BCUT2D eigenvalue weighted by atomic mass is 19.1. The van der Waals surface area contributed by atoms with E-state index in [1.54, 1.807) is 7.05 Å². The van der Waals surface area contributed by atoms with Gasteiger partial charge in [0.2, 0.25) is 0 Å². The third-order valence-corrected chi connectivity index (χ3v) is 2.74. The molecule has 86 valence electrons. The highest BCUT2D eigenvalue weighted by Crippen LogP contribution is 2.28. The lowest BCUT2D eigenvalue weighted by atomic mass is 9.90. The van der Waals surface area contributed by atoms with Gasteiger partial charge in [0, 0.05) is 13.0 Å². The summed E-state index contributed by atoms with van der Waals surface area (Å²) < 4.78 is 18.4. The van der Waals surface area contributed by atoms with Crippen LogP contribution in [0.4, 0.5) is 4.39 Å². The number of benzene rings is 1. The quantitative estimate of drug-likeness (QED) is 0.772. The van der Waals surface area contributed by atoms with E-state index in [0.717, 1.165) is 0 Å². The minimum Gasteiger partial charge on any atom is -0.454 e. The lowest BCUT2D eigenvalue weighted by Crippen LogP contribution is -2.46. The van der Waals surface area contributed by atoms with Crippen molar-refractivity contribution < 1.29 is 13.9 Å². The van der Waals surface area contributed by atoms with Gasteiger partial charge in [-0.15, -0.1) is 0 Å². The summed E-state index contributed by atoms with van der Waals surface area (Å²) in [5.74, 6) is -0.695. The van der Waals surface area contributed by atoms with Crippen LogP contribution in [0.1, 0.15) is 22.8 Å². The number of likely N-dealkylation sites (N-methyl/N-ethyl adjacent to an activating group) is 1. The second-order valence-electron chi connectivity index (χ2n) is 4.35. The Kier molecular flexibility index (Phi) is 2.68. The van der Waals surface area contributed by atoms with E-state index in [1.807, 2.05) is 6.92 Å². The molecular weight excluding hydrogens is 209 g/mol. The largest absolute Gasteiger partial charge is 0.454 e. The molecule has 4 heteroatoms. The van der Waals surface area contributed by atoms with Crippen LogP contribution >= 0.6 is 0 Å². The second kappa shape index (κ2) is 3.87. The number of hydrogen-bond donors (Lipinski definition) is 1. The summed E-state index contributed by atoms with van der Waals surface area (Å²) in [6, 6.07) is 4.16. The SMILES string of the molecule is CNCC1(C)Cc2cc(F)ccc2C(=O)O1. The summed E-state index contributed by atoms with van der Waals surface area (Å²) >= 11 is 0. The van der Waals surface area contributed by atoms with Crippen molar-refractivity contribution in [2.24, 2.45) is 0 Å². The number of ether oxygens (including phenoxy) is 1. The molecule has 0 spiro atoms. The van der Waals surface area contributed by atoms with Gasteiger partial charge in [0.05, 0.1) is 5.56 Å². The summed E-state index contributed by atoms with van der Waals surface area (Å²) in [5, 5.41) is 2.97. The maximum absolute atomic E-state index is 13.1. The van der Waals surface area contributed by atoms with Crippen LogP contribution in [0, 0.1) is 5.82 Å². The van der Waals surface area contributed by atoms with Gasteiger partial charge in [-0.05, 0) is 37.7 Å². The Bertz CT molecular complexity index is 433. The van der Waals surface area contributed by atoms with Crippen LogP contribution in [0.2, 0.25) is 0 Å². The van der Waals surface area contributed by atoms with Crippen LogP contribution < -0.4 is 5.32 Å². The number of halogens is 1. The second-order valence-corrected chi connectivity index (χ2v) is 4.35. The molecule has 2 rings (SSSR count). The number of fused-ring (bicyclic) bond motifs is 1. The molecule has 0 bridgehead atoms. The molecule has 0 amide bonds. The summed E-state index contributed by atoms with van der Waals surface area (Å²) in [6.07, 6.45) is 0.534. The number of hydrogen-bond acceptors (Lipinski definition) is 3. The molecule has 0 saturated carbocycles. The zero-order chi connectivity index (χ0) is 11.8. The first-order valence-electron chi connectivity index (χ1n) is 5.20. The topological polar surface area (TPSA) is 38.3 Å². The highest BCUT2D eigenvalue weighted by Gasteiger charge is 2.35. The predicted molar refractivity (Wildman–Crippen MR) is 57.9 cm³/mol. The zero-order valence-electron chi connectivity index (χ0n) is 9.34. The van der Waals surface area contributed by atoms with Gasteiger partial charge in [0.25, 0.3) is 0 Å². The van der Waals surface area contributed by atoms with E-state index in [4.69, 9.17) is 4.74 Å². The van der Waals surface area contributed by atoms with Crippen LogP contribution in [-0.2, 0) is 11.2 Å². The average Bonchev–Trinajstić information content (AvgIpc) is 2.15. The maximum Gasteiger partial charge on any atom is 0.339 e. The Balaban J connectivity index is 2.38. The van der Waals surface area contributed by atoms with Crippen LogP contribution in [0.25, 0.3) is 0 Å². The lowest BCUT2D eigenvalue weighted by Gasteiger charge is -2.34. The fourth-order valence-corrected chi connectivity index (χ4v) is 2.10. The Hall–Kier alpha value is -1.42. The number of carbonyl (C=O) groups excluding carboxylic acids is 1. The number of rotatable bonds is 2. The van der Waals surface area contributed by atoms with Gasteiger partial charge in [-0.3, -0.25) is 0 Å². The minimum atomic E-state index is -0.591. The molecule has 1 atom stereocenters. The van der Waals surface area contributed by atoms with E-state index in [9.17, 15) is 9.18 Å². The van der Waals surface area contributed by atoms with Crippen LogP contribution in [0.5, 0.6) is 0 Å². The predicted octanol–water partition coefficient (Wildman–Crippen LogP) is 1.52. The van der Waals surface area contributed by atoms with E-state index < -0.39 is 5.60 Å². The molecule has 1 aromatic rings. The van der Waals surface area contributed by atoms with Crippen molar-refractivity contribution in [3.8, 4) is 0 Å². The molecular formula is C12H14FNO2. The Morgan fingerprint density at radius 1 is 1.56 bits per heavy atom. The Labute approximate surface area is 93.6 Å². The number of esters is 1. The molecule has 0 aliphatic carbocycles. The molecule has 1 aliphatic rings. The fourth-order valence-electron chi connectivity index (χ4n) is 2.10. The molecule has 0 fully saturated rings. The molecule has 3 nitrogen and oxygen atoms in total. The monoisotopic (exact) mass is 223 g/mol. The third kappa shape index (κ3) is 1.93.